The minimum absolute atomic E-state index is 0.526. The average molecular weight is 809 g/mol. The lowest BCUT2D eigenvalue weighted by atomic mass is 10.0. The molecule has 0 saturated carbocycles. The van der Waals surface area contributed by atoms with Gasteiger partial charge in [0.05, 0.1) is 11.0 Å². The number of rotatable bonds is 6. The lowest BCUT2D eigenvalue weighted by Crippen LogP contribution is -2.06. The van der Waals surface area contributed by atoms with Gasteiger partial charge >= 0.3 is 0 Å². The molecule has 0 unspecified atom stereocenters. The SMILES string of the molecule is c1ccc(-c2ccc3c(c2)c2ccccc2n3-c2nc(-c3ccccc3)nc(-c3ccc4oc5cccc(-c6nc(-c7ccccc7)c7oc8ccccc8c7n6)c5c4c3)n2)cc1. The van der Waals surface area contributed by atoms with Crippen LogP contribution in [0.25, 0.3) is 128 Å². The molecule has 5 aromatic heterocycles. The van der Waals surface area contributed by atoms with Crippen molar-refractivity contribution >= 4 is 65.8 Å². The molecule has 0 saturated heterocycles. The summed E-state index contributed by atoms with van der Waals surface area (Å²) in [6.45, 7) is 0. The van der Waals surface area contributed by atoms with Gasteiger partial charge in [0.15, 0.2) is 23.1 Å². The Morgan fingerprint density at radius 1 is 0.349 bits per heavy atom. The topological polar surface area (TPSA) is 95.7 Å². The molecule has 8 aromatic carbocycles. The van der Waals surface area contributed by atoms with Crippen LogP contribution in [-0.4, -0.2) is 29.5 Å². The fraction of sp³-hybridized carbons (Fsp3) is 0. The first kappa shape index (κ1) is 35.0. The Morgan fingerprint density at radius 3 is 1.78 bits per heavy atom. The maximum absolute atomic E-state index is 6.55. The van der Waals surface area contributed by atoms with E-state index in [4.69, 9.17) is 33.8 Å². The quantitative estimate of drug-likeness (QED) is 0.165. The van der Waals surface area contributed by atoms with Gasteiger partial charge in [-0.05, 0) is 65.7 Å². The molecule has 0 aliphatic rings. The van der Waals surface area contributed by atoms with E-state index in [1.165, 1.54) is 0 Å². The lowest BCUT2D eigenvalue weighted by molar-refractivity contribution is 0.667. The van der Waals surface area contributed by atoms with E-state index in [0.717, 1.165) is 99.3 Å². The van der Waals surface area contributed by atoms with Crippen molar-refractivity contribution in [1.29, 1.82) is 0 Å². The molecule has 13 rings (SSSR count). The molecule has 0 radical (unpaired) electrons. The predicted octanol–water partition coefficient (Wildman–Crippen LogP) is 13.9. The van der Waals surface area contributed by atoms with E-state index >= 15 is 0 Å². The smallest absolute Gasteiger partial charge is 0.238 e. The van der Waals surface area contributed by atoms with Gasteiger partial charge in [-0.3, -0.25) is 4.57 Å². The molecule has 8 nitrogen and oxygen atoms in total. The maximum Gasteiger partial charge on any atom is 0.238 e. The normalized spacial score (nSPS) is 11.8. The molecule has 0 aliphatic heterocycles. The van der Waals surface area contributed by atoms with Gasteiger partial charge < -0.3 is 8.83 Å². The Balaban J connectivity index is 1.03. The van der Waals surface area contributed by atoms with Crippen molar-refractivity contribution < 1.29 is 8.83 Å². The van der Waals surface area contributed by atoms with E-state index in [1.54, 1.807) is 0 Å². The molecule has 0 amide bonds. The van der Waals surface area contributed by atoms with Gasteiger partial charge in [-0.1, -0.05) is 140 Å². The average Bonchev–Trinajstić information content (AvgIpc) is 4.03. The molecule has 0 atom stereocenters. The number of fused-ring (bicyclic) bond motifs is 9. The summed E-state index contributed by atoms with van der Waals surface area (Å²) in [5.74, 6) is 2.20. The van der Waals surface area contributed by atoms with Gasteiger partial charge in [0.1, 0.15) is 28.0 Å². The van der Waals surface area contributed by atoms with Gasteiger partial charge in [-0.25, -0.2) is 15.0 Å². The summed E-state index contributed by atoms with van der Waals surface area (Å²) in [6, 6.07) is 65.8. The third-order valence-electron chi connectivity index (χ3n) is 11.9. The highest BCUT2D eigenvalue weighted by Crippen LogP contribution is 2.41. The number of benzene rings is 8. The molecule has 0 fully saturated rings. The molecular formula is C55H32N6O2. The highest BCUT2D eigenvalue weighted by Gasteiger charge is 2.23. The molecule has 0 N–H and O–H groups in total. The van der Waals surface area contributed by atoms with Crippen LogP contribution in [0.1, 0.15) is 0 Å². The Bertz CT molecular complexity index is 3910. The standard InChI is InChI=1S/C55H32N6O2/c1-4-15-33(16-5-1)36-27-29-44-41(31-36)38-21-10-12-24-43(38)61(44)55-59-52(35-19-8-3-9-20-35)58-53(60-55)37-28-30-46-42(32-37)48-40(23-14-26-47(48)62-46)54-56-49(34-17-6-2-7-18-34)51-50(57-54)39-22-11-13-25-45(39)63-51/h1-32H. The maximum atomic E-state index is 6.55. The molecule has 63 heavy (non-hydrogen) atoms. The van der Waals surface area contributed by atoms with Gasteiger partial charge in [-0.2, -0.15) is 9.97 Å². The molecule has 5 heterocycles. The van der Waals surface area contributed by atoms with Crippen LogP contribution in [0.15, 0.2) is 203 Å². The highest BCUT2D eigenvalue weighted by atomic mass is 16.3. The third kappa shape index (κ3) is 5.66. The van der Waals surface area contributed by atoms with Crippen LogP contribution in [0.5, 0.6) is 0 Å². The third-order valence-corrected chi connectivity index (χ3v) is 11.9. The molecular weight excluding hydrogens is 777 g/mol. The summed E-state index contributed by atoms with van der Waals surface area (Å²) >= 11 is 0. The van der Waals surface area contributed by atoms with E-state index < -0.39 is 0 Å². The zero-order chi connectivity index (χ0) is 41.4. The highest BCUT2D eigenvalue weighted by molar-refractivity contribution is 6.14. The van der Waals surface area contributed by atoms with E-state index in [-0.39, 0.29) is 0 Å². The minimum Gasteiger partial charge on any atom is -0.456 e. The summed E-state index contributed by atoms with van der Waals surface area (Å²) < 4.78 is 15.1. The summed E-state index contributed by atoms with van der Waals surface area (Å²) in [5.41, 5.74) is 12.2. The second kappa shape index (κ2) is 13.9. The van der Waals surface area contributed by atoms with Crippen molar-refractivity contribution in [3.05, 3.63) is 194 Å². The van der Waals surface area contributed by atoms with Crippen molar-refractivity contribution in [2.45, 2.75) is 0 Å². The number of furan rings is 2. The zero-order valence-electron chi connectivity index (χ0n) is 33.5. The van der Waals surface area contributed by atoms with E-state index in [2.05, 4.69) is 83.4 Å². The number of hydrogen-bond donors (Lipinski definition) is 0. The Labute approximate surface area is 359 Å². The summed E-state index contributed by atoms with van der Waals surface area (Å²) in [6.07, 6.45) is 0. The van der Waals surface area contributed by atoms with Gasteiger partial charge in [0, 0.05) is 49.2 Å². The second-order valence-electron chi connectivity index (χ2n) is 15.6. The molecule has 0 bridgehead atoms. The van der Waals surface area contributed by atoms with E-state index in [0.29, 0.717) is 29.0 Å². The van der Waals surface area contributed by atoms with Crippen LogP contribution in [0, 0.1) is 0 Å². The Morgan fingerprint density at radius 2 is 0.968 bits per heavy atom. The Hall–Kier alpha value is -8.75. The molecule has 8 heteroatoms. The first-order valence-electron chi connectivity index (χ1n) is 20.8. The van der Waals surface area contributed by atoms with E-state index in [9.17, 15) is 0 Å². The lowest BCUT2D eigenvalue weighted by Gasteiger charge is -2.11. The first-order valence-corrected chi connectivity index (χ1v) is 20.8. The fourth-order valence-corrected chi connectivity index (χ4v) is 8.96. The molecule has 294 valence electrons. The first-order chi connectivity index (χ1) is 31.2. The van der Waals surface area contributed by atoms with Crippen LogP contribution in [0.3, 0.4) is 0 Å². The molecule has 0 spiro atoms. The number of hydrogen-bond acceptors (Lipinski definition) is 7. The van der Waals surface area contributed by atoms with Gasteiger partial charge in [0.2, 0.25) is 5.95 Å². The summed E-state index contributed by atoms with van der Waals surface area (Å²) in [4.78, 5) is 26.1. The van der Waals surface area contributed by atoms with Crippen LogP contribution in [0.2, 0.25) is 0 Å². The molecule has 13 aromatic rings. The van der Waals surface area contributed by atoms with Crippen molar-refractivity contribution in [1.82, 2.24) is 29.5 Å². The van der Waals surface area contributed by atoms with Crippen LogP contribution in [-0.2, 0) is 0 Å². The fourth-order valence-electron chi connectivity index (χ4n) is 8.96. The number of para-hydroxylation sites is 2. The minimum atomic E-state index is 0.526. The van der Waals surface area contributed by atoms with Crippen molar-refractivity contribution in [2.75, 3.05) is 0 Å². The molecule has 0 aliphatic carbocycles. The van der Waals surface area contributed by atoms with Crippen molar-refractivity contribution in [3.8, 4) is 62.5 Å². The summed E-state index contributed by atoms with van der Waals surface area (Å²) in [5, 5.41) is 4.96. The van der Waals surface area contributed by atoms with Crippen molar-refractivity contribution in [2.24, 2.45) is 0 Å². The van der Waals surface area contributed by atoms with Crippen LogP contribution >= 0.6 is 0 Å². The predicted molar refractivity (Wildman–Crippen MR) is 251 cm³/mol. The monoisotopic (exact) mass is 808 g/mol. The second-order valence-corrected chi connectivity index (χ2v) is 15.6. The Kier molecular flexibility index (Phi) is 7.74. The van der Waals surface area contributed by atoms with Crippen LogP contribution < -0.4 is 0 Å². The van der Waals surface area contributed by atoms with Crippen LogP contribution in [0.4, 0.5) is 0 Å². The van der Waals surface area contributed by atoms with Gasteiger partial charge in [0.25, 0.3) is 0 Å². The van der Waals surface area contributed by atoms with E-state index in [1.807, 2.05) is 115 Å². The van der Waals surface area contributed by atoms with Gasteiger partial charge in [-0.15, -0.1) is 0 Å². The number of aromatic nitrogens is 6. The zero-order valence-corrected chi connectivity index (χ0v) is 33.5. The summed E-state index contributed by atoms with van der Waals surface area (Å²) in [7, 11) is 0. The largest absolute Gasteiger partial charge is 0.456 e. The number of nitrogens with zero attached hydrogens (tertiary/aromatic N) is 6. The van der Waals surface area contributed by atoms with Crippen molar-refractivity contribution in [3.63, 3.8) is 0 Å².